The van der Waals surface area contributed by atoms with E-state index in [1.807, 2.05) is 5.38 Å². The summed E-state index contributed by atoms with van der Waals surface area (Å²) in [5.41, 5.74) is 11.9. The van der Waals surface area contributed by atoms with Gasteiger partial charge in [-0.15, -0.1) is 11.3 Å². The number of rotatable bonds is 2. The van der Waals surface area contributed by atoms with Gasteiger partial charge in [0.25, 0.3) is 0 Å². The molecule has 0 saturated carbocycles. The number of nitrogen functional groups attached to an aromatic ring is 2. The van der Waals surface area contributed by atoms with Crippen LogP contribution in [-0.4, -0.2) is 19.7 Å². The molecule has 4 N–H and O–H groups in total. The normalized spacial score (nSPS) is 10.6. The molecule has 0 amide bonds. The van der Waals surface area contributed by atoms with Crippen molar-refractivity contribution in [2.75, 3.05) is 11.5 Å². The molecule has 74 valence electrons. The van der Waals surface area contributed by atoms with Crippen LogP contribution in [0.15, 0.2) is 5.38 Å². The minimum absolute atomic E-state index is 0.406. The van der Waals surface area contributed by atoms with Gasteiger partial charge in [0.2, 0.25) is 5.95 Å². The molecular formula is C7H10N6S. The Labute approximate surface area is 84.6 Å². The average molecular weight is 210 g/mol. The van der Waals surface area contributed by atoms with E-state index in [0.29, 0.717) is 23.3 Å². The van der Waals surface area contributed by atoms with Crippen molar-refractivity contribution in [2.24, 2.45) is 7.05 Å². The highest BCUT2D eigenvalue weighted by molar-refractivity contribution is 7.13. The van der Waals surface area contributed by atoms with Gasteiger partial charge in [0, 0.05) is 12.4 Å². The fraction of sp³-hybridized carbons (Fsp3) is 0.286. The molecule has 6 nitrogen and oxygen atoms in total. The van der Waals surface area contributed by atoms with Crippen LogP contribution in [0.4, 0.5) is 11.1 Å². The fourth-order valence-electron chi connectivity index (χ4n) is 1.09. The number of nitrogens with zero attached hydrogens (tertiary/aromatic N) is 4. The van der Waals surface area contributed by atoms with Gasteiger partial charge in [-0.1, -0.05) is 0 Å². The lowest BCUT2D eigenvalue weighted by molar-refractivity contribution is 0.757. The van der Waals surface area contributed by atoms with Crippen molar-refractivity contribution in [3.05, 3.63) is 16.9 Å². The molecule has 0 aromatic carbocycles. The lowest BCUT2D eigenvalue weighted by atomic mass is 10.3. The van der Waals surface area contributed by atoms with Crippen molar-refractivity contribution in [3.63, 3.8) is 0 Å². The highest BCUT2D eigenvalue weighted by Gasteiger charge is 2.06. The maximum absolute atomic E-state index is 5.55. The number of hydrogen-bond donors (Lipinski definition) is 2. The smallest absolute Gasteiger partial charge is 0.218 e. The van der Waals surface area contributed by atoms with Gasteiger partial charge in [-0.2, -0.15) is 10.1 Å². The minimum atomic E-state index is 0.406. The number of thiazole rings is 1. The summed E-state index contributed by atoms with van der Waals surface area (Å²) in [5.74, 6) is 1.07. The van der Waals surface area contributed by atoms with Crippen molar-refractivity contribution >= 4 is 22.4 Å². The molecule has 0 saturated heterocycles. The monoisotopic (exact) mass is 210 g/mol. The molecule has 14 heavy (non-hydrogen) atoms. The summed E-state index contributed by atoms with van der Waals surface area (Å²) in [6.45, 7) is 0. The molecule has 2 heterocycles. The van der Waals surface area contributed by atoms with Crippen LogP contribution in [0.1, 0.15) is 11.5 Å². The van der Waals surface area contributed by atoms with Crippen LogP contribution in [0.25, 0.3) is 0 Å². The van der Waals surface area contributed by atoms with Crippen LogP contribution in [0.2, 0.25) is 0 Å². The molecule has 0 radical (unpaired) electrons. The van der Waals surface area contributed by atoms with Crippen LogP contribution in [0.5, 0.6) is 0 Å². The second-order valence-corrected chi connectivity index (χ2v) is 3.75. The first-order valence-electron chi connectivity index (χ1n) is 4.00. The Balaban J connectivity index is 2.18. The molecule has 2 aromatic heterocycles. The summed E-state index contributed by atoms with van der Waals surface area (Å²) >= 11 is 1.41. The van der Waals surface area contributed by atoms with E-state index >= 15 is 0 Å². The van der Waals surface area contributed by atoms with Gasteiger partial charge in [0.05, 0.1) is 12.1 Å². The molecule has 0 fully saturated rings. The van der Waals surface area contributed by atoms with Gasteiger partial charge < -0.3 is 11.5 Å². The molecule has 0 aliphatic heterocycles. The standard InChI is InChI=1S/C7H10N6S/c1-13-6(8)11-5(12-13)2-4-3-14-7(9)10-4/h3H,2H2,1H3,(H2,9,10)(H2,8,11,12). The Bertz CT molecular complexity index is 425. The molecule has 2 aromatic rings. The number of hydrogen-bond acceptors (Lipinski definition) is 6. The van der Waals surface area contributed by atoms with Crippen LogP contribution < -0.4 is 11.5 Å². The first-order chi connectivity index (χ1) is 6.65. The van der Waals surface area contributed by atoms with Crippen molar-refractivity contribution in [1.29, 1.82) is 0 Å². The van der Waals surface area contributed by atoms with Gasteiger partial charge in [0.1, 0.15) is 0 Å². The summed E-state index contributed by atoms with van der Waals surface area (Å²) in [7, 11) is 1.75. The molecule has 0 unspecified atom stereocenters. The van der Waals surface area contributed by atoms with Gasteiger partial charge in [0.15, 0.2) is 11.0 Å². The van der Waals surface area contributed by atoms with E-state index in [0.717, 1.165) is 5.69 Å². The van der Waals surface area contributed by atoms with E-state index in [2.05, 4.69) is 15.1 Å². The maximum atomic E-state index is 5.55. The maximum Gasteiger partial charge on any atom is 0.218 e. The SMILES string of the molecule is Cn1nc(Cc2csc(N)n2)nc1N. The van der Waals surface area contributed by atoms with E-state index in [1.165, 1.54) is 16.0 Å². The van der Waals surface area contributed by atoms with Crippen molar-refractivity contribution < 1.29 is 0 Å². The molecule has 2 rings (SSSR count). The topological polar surface area (TPSA) is 95.6 Å². The zero-order valence-electron chi connectivity index (χ0n) is 7.64. The third-order valence-electron chi connectivity index (χ3n) is 1.75. The van der Waals surface area contributed by atoms with Gasteiger partial charge in [-0.05, 0) is 0 Å². The predicted molar refractivity (Wildman–Crippen MR) is 54.7 cm³/mol. The quantitative estimate of drug-likeness (QED) is 0.729. The van der Waals surface area contributed by atoms with Crippen LogP contribution >= 0.6 is 11.3 Å². The van der Waals surface area contributed by atoms with Gasteiger partial charge in [-0.3, -0.25) is 0 Å². The molecule has 0 atom stereocenters. The second kappa shape index (κ2) is 3.26. The fourth-order valence-corrected chi connectivity index (χ4v) is 1.65. The highest BCUT2D eigenvalue weighted by atomic mass is 32.1. The lowest BCUT2D eigenvalue weighted by Crippen LogP contribution is -1.97. The molecule has 7 heteroatoms. The van der Waals surface area contributed by atoms with E-state index in [-0.39, 0.29) is 0 Å². The third-order valence-corrected chi connectivity index (χ3v) is 2.47. The summed E-state index contributed by atoms with van der Waals surface area (Å²) in [6.07, 6.45) is 0.568. The lowest BCUT2D eigenvalue weighted by Gasteiger charge is -1.88. The molecule has 0 spiro atoms. The zero-order valence-corrected chi connectivity index (χ0v) is 8.45. The van der Waals surface area contributed by atoms with Crippen molar-refractivity contribution in [2.45, 2.75) is 6.42 Å². The Hall–Kier alpha value is -1.63. The first-order valence-corrected chi connectivity index (χ1v) is 4.88. The number of nitrogens with two attached hydrogens (primary N) is 2. The molecule has 0 bridgehead atoms. The van der Waals surface area contributed by atoms with E-state index < -0.39 is 0 Å². The number of anilines is 2. The van der Waals surface area contributed by atoms with Gasteiger partial charge in [-0.25, -0.2) is 9.67 Å². The zero-order chi connectivity index (χ0) is 10.1. The Morgan fingerprint density at radius 1 is 1.43 bits per heavy atom. The van der Waals surface area contributed by atoms with Crippen molar-refractivity contribution in [1.82, 2.24) is 19.7 Å². The number of aryl methyl sites for hydroxylation is 1. The van der Waals surface area contributed by atoms with Crippen LogP contribution in [0.3, 0.4) is 0 Å². The average Bonchev–Trinajstić information content (AvgIpc) is 2.62. The van der Waals surface area contributed by atoms with Gasteiger partial charge >= 0.3 is 0 Å². The Morgan fingerprint density at radius 2 is 2.21 bits per heavy atom. The van der Waals surface area contributed by atoms with E-state index in [9.17, 15) is 0 Å². The Kier molecular flexibility index (Phi) is 2.08. The van der Waals surface area contributed by atoms with E-state index in [1.54, 1.807) is 7.05 Å². The molecular weight excluding hydrogens is 200 g/mol. The largest absolute Gasteiger partial charge is 0.375 e. The summed E-state index contributed by atoms with van der Waals surface area (Å²) in [6, 6.07) is 0. The minimum Gasteiger partial charge on any atom is -0.375 e. The van der Waals surface area contributed by atoms with Crippen LogP contribution in [0, 0.1) is 0 Å². The number of aromatic nitrogens is 4. The summed E-state index contributed by atoms with van der Waals surface area (Å²) in [5, 5.41) is 6.57. The van der Waals surface area contributed by atoms with E-state index in [4.69, 9.17) is 11.5 Å². The molecule has 0 aliphatic carbocycles. The highest BCUT2D eigenvalue weighted by Crippen LogP contribution is 2.13. The second-order valence-electron chi connectivity index (χ2n) is 2.86. The van der Waals surface area contributed by atoms with Crippen LogP contribution in [-0.2, 0) is 13.5 Å². The van der Waals surface area contributed by atoms with Crippen molar-refractivity contribution in [3.8, 4) is 0 Å². The summed E-state index contributed by atoms with van der Waals surface area (Å²) < 4.78 is 1.53. The predicted octanol–water partition coefficient (Wildman–Crippen LogP) is 0.0268. The molecule has 0 aliphatic rings. The Morgan fingerprint density at radius 3 is 2.71 bits per heavy atom. The first kappa shape index (κ1) is 8.95. The summed E-state index contributed by atoms with van der Waals surface area (Å²) in [4.78, 5) is 8.18. The third kappa shape index (κ3) is 1.67.